The van der Waals surface area contributed by atoms with Crippen LogP contribution in [0.2, 0.25) is 5.02 Å². The van der Waals surface area contributed by atoms with Crippen LogP contribution < -0.4 is 0 Å². The first-order valence-corrected chi connectivity index (χ1v) is 6.93. The molecule has 1 rings (SSSR count). The highest BCUT2D eigenvalue weighted by Crippen LogP contribution is 2.32. The monoisotopic (exact) mass is 308 g/mol. The lowest BCUT2D eigenvalue weighted by molar-refractivity contribution is -0.162. The summed E-state index contributed by atoms with van der Waals surface area (Å²) >= 11 is 5.82. The fourth-order valence-electron chi connectivity index (χ4n) is 2.05. The van der Waals surface area contributed by atoms with Crippen LogP contribution in [0, 0.1) is 11.8 Å². The van der Waals surface area contributed by atoms with Crippen LogP contribution in [0.15, 0.2) is 24.3 Å². The van der Waals surface area contributed by atoms with E-state index in [-0.39, 0.29) is 19.4 Å². The van der Waals surface area contributed by atoms with Crippen molar-refractivity contribution in [2.45, 2.75) is 32.1 Å². The standard InChI is InChI=1S/C16H17ClO4/c1-3-5-6-11-16(14(18)19,15(20)21-4-2)12-7-9-13(17)10-8-12/h7-10H,4,6,11H2,1-2H3,(H,18,19). The van der Waals surface area contributed by atoms with Crippen LogP contribution in [-0.4, -0.2) is 23.7 Å². The van der Waals surface area contributed by atoms with Gasteiger partial charge in [-0.05, 0) is 38.0 Å². The summed E-state index contributed by atoms with van der Waals surface area (Å²) in [7, 11) is 0. The van der Waals surface area contributed by atoms with Crippen LogP contribution in [0.25, 0.3) is 0 Å². The van der Waals surface area contributed by atoms with Gasteiger partial charge in [0.2, 0.25) is 0 Å². The molecule has 0 fully saturated rings. The number of carboxylic acid groups (broad SMARTS) is 1. The molecule has 1 atom stereocenters. The van der Waals surface area contributed by atoms with Crippen molar-refractivity contribution in [1.29, 1.82) is 0 Å². The van der Waals surface area contributed by atoms with Crippen molar-refractivity contribution in [3.05, 3.63) is 34.9 Å². The minimum Gasteiger partial charge on any atom is -0.480 e. The largest absolute Gasteiger partial charge is 0.480 e. The predicted octanol–water partition coefficient (Wildman–Crippen LogP) is 3.03. The number of hydrogen-bond donors (Lipinski definition) is 1. The zero-order chi connectivity index (χ0) is 15.9. The molecule has 1 aromatic rings. The number of benzene rings is 1. The summed E-state index contributed by atoms with van der Waals surface area (Å²) in [6.07, 6.45) is 0.327. The average Bonchev–Trinajstić information content (AvgIpc) is 2.45. The average molecular weight is 309 g/mol. The number of carboxylic acids is 1. The van der Waals surface area contributed by atoms with Crippen LogP contribution in [0.5, 0.6) is 0 Å². The Hall–Kier alpha value is -1.99. The number of esters is 1. The SMILES string of the molecule is CC#CCCC(C(=O)O)(C(=O)OCC)c1ccc(Cl)cc1. The van der Waals surface area contributed by atoms with E-state index in [9.17, 15) is 14.7 Å². The van der Waals surface area contributed by atoms with Gasteiger partial charge in [-0.2, -0.15) is 0 Å². The molecule has 1 aromatic carbocycles. The van der Waals surface area contributed by atoms with Gasteiger partial charge in [0.25, 0.3) is 0 Å². The molecule has 5 heteroatoms. The van der Waals surface area contributed by atoms with E-state index in [1.165, 1.54) is 12.1 Å². The van der Waals surface area contributed by atoms with E-state index in [4.69, 9.17) is 16.3 Å². The third kappa shape index (κ3) is 3.77. The van der Waals surface area contributed by atoms with Gasteiger partial charge in [0.1, 0.15) is 0 Å². The predicted molar refractivity (Wildman–Crippen MR) is 80.1 cm³/mol. The summed E-state index contributed by atoms with van der Waals surface area (Å²) in [6.45, 7) is 3.41. The van der Waals surface area contributed by atoms with Crippen LogP contribution in [0.3, 0.4) is 0 Å². The van der Waals surface area contributed by atoms with Gasteiger partial charge >= 0.3 is 11.9 Å². The van der Waals surface area contributed by atoms with E-state index in [0.717, 1.165) is 0 Å². The maximum Gasteiger partial charge on any atom is 0.328 e. The normalized spacial score (nSPS) is 12.7. The number of ether oxygens (including phenoxy) is 1. The Morgan fingerprint density at radius 3 is 2.43 bits per heavy atom. The maximum absolute atomic E-state index is 12.3. The lowest BCUT2D eigenvalue weighted by Gasteiger charge is -2.27. The first-order chi connectivity index (χ1) is 9.98. The highest BCUT2D eigenvalue weighted by molar-refractivity contribution is 6.30. The second-order valence-electron chi connectivity index (χ2n) is 4.36. The van der Waals surface area contributed by atoms with Gasteiger partial charge in [-0.25, -0.2) is 0 Å². The molecule has 0 radical (unpaired) electrons. The fourth-order valence-corrected chi connectivity index (χ4v) is 2.17. The molecule has 0 heterocycles. The highest BCUT2D eigenvalue weighted by Gasteiger charge is 2.48. The summed E-state index contributed by atoms with van der Waals surface area (Å²) in [5.41, 5.74) is -1.42. The molecular formula is C16H17ClO4. The molecule has 0 aliphatic heterocycles. The van der Waals surface area contributed by atoms with Gasteiger partial charge in [0.15, 0.2) is 5.41 Å². The van der Waals surface area contributed by atoms with Crippen molar-refractivity contribution in [3.63, 3.8) is 0 Å². The van der Waals surface area contributed by atoms with Crippen molar-refractivity contribution < 1.29 is 19.4 Å². The molecule has 0 aliphatic carbocycles. The van der Waals surface area contributed by atoms with Crippen molar-refractivity contribution in [2.75, 3.05) is 6.61 Å². The quantitative estimate of drug-likeness (QED) is 0.498. The van der Waals surface area contributed by atoms with E-state index in [2.05, 4.69) is 11.8 Å². The van der Waals surface area contributed by atoms with Crippen LogP contribution in [0.1, 0.15) is 32.3 Å². The number of rotatable bonds is 6. The van der Waals surface area contributed by atoms with E-state index in [0.29, 0.717) is 10.6 Å². The van der Waals surface area contributed by atoms with Gasteiger partial charge in [0.05, 0.1) is 6.61 Å². The Kier molecular flexibility index (Phi) is 6.26. The lowest BCUT2D eigenvalue weighted by atomic mass is 9.76. The second-order valence-corrected chi connectivity index (χ2v) is 4.80. The van der Waals surface area contributed by atoms with E-state index >= 15 is 0 Å². The molecule has 0 saturated heterocycles. The van der Waals surface area contributed by atoms with Gasteiger partial charge in [0, 0.05) is 11.4 Å². The number of carbonyl (C=O) groups is 2. The molecule has 4 nitrogen and oxygen atoms in total. The molecule has 0 amide bonds. The molecule has 0 spiro atoms. The topological polar surface area (TPSA) is 63.6 Å². The third-order valence-electron chi connectivity index (χ3n) is 3.13. The Morgan fingerprint density at radius 2 is 1.95 bits per heavy atom. The van der Waals surface area contributed by atoms with Gasteiger partial charge < -0.3 is 9.84 Å². The molecule has 21 heavy (non-hydrogen) atoms. The van der Waals surface area contributed by atoms with E-state index < -0.39 is 17.4 Å². The van der Waals surface area contributed by atoms with Crippen molar-refractivity contribution in [1.82, 2.24) is 0 Å². The molecule has 0 aliphatic rings. The summed E-state index contributed by atoms with van der Waals surface area (Å²) in [5.74, 6) is 3.46. The molecular weight excluding hydrogens is 292 g/mol. The lowest BCUT2D eigenvalue weighted by Crippen LogP contribution is -2.45. The Labute approximate surface area is 129 Å². The fraction of sp³-hybridized carbons (Fsp3) is 0.375. The number of hydrogen-bond acceptors (Lipinski definition) is 3. The van der Waals surface area contributed by atoms with Crippen LogP contribution >= 0.6 is 11.6 Å². The minimum absolute atomic E-state index is 0.0453. The van der Waals surface area contributed by atoms with Crippen molar-refractivity contribution in [2.24, 2.45) is 0 Å². The van der Waals surface area contributed by atoms with Crippen LogP contribution in [-0.2, 0) is 19.7 Å². The molecule has 1 unspecified atom stereocenters. The van der Waals surface area contributed by atoms with E-state index in [1.54, 1.807) is 26.0 Å². The van der Waals surface area contributed by atoms with Crippen molar-refractivity contribution in [3.8, 4) is 11.8 Å². The Bertz CT molecular complexity index is 568. The zero-order valence-electron chi connectivity index (χ0n) is 12.0. The zero-order valence-corrected chi connectivity index (χ0v) is 12.7. The Balaban J connectivity index is 3.34. The van der Waals surface area contributed by atoms with Gasteiger partial charge in [-0.3, -0.25) is 9.59 Å². The number of carbonyl (C=O) groups excluding carboxylic acids is 1. The first kappa shape index (κ1) is 17.1. The van der Waals surface area contributed by atoms with Crippen molar-refractivity contribution >= 4 is 23.5 Å². The second kappa shape index (κ2) is 7.70. The van der Waals surface area contributed by atoms with E-state index in [1.807, 2.05) is 0 Å². The molecule has 0 aromatic heterocycles. The number of halogens is 1. The molecule has 112 valence electrons. The molecule has 0 saturated carbocycles. The third-order valence-corrected chi connectivity index (χ3v) is 3.38. The first-order valence-electron chi connectivity index (χ1n) is 6.55. The van der Waals surface area contributed by atoms with Gasteiger partial charge in [-0.1, -0.05) is 23.7 Å². The highest BCUT2D eigenvalue weighted by atomic mass is 35.5. The maximum atomic E-state index is 12.3. The smallest absolute Gasteiger partial charge is 0.328 e. The van der Waals surface area contributed by atoms with Crippen LogP contribution in [0.4, 0.5) is 0 Å². The molecule has 1 N–H and O–H groups in total. The van der Waals surface area contributed by atoms with Gasteiger partial charge in [-0.15, -0.1) is 11.8 Å². The summed E-state index contributed by atoms with van der Waals surface area (Å²) in [6, 6.07) is 6.18. The summed E-state index contributed by atoms with van der Waals surface area (Å²) in [5, 5.41) is 10.1. The number of aliphatic carboxylic acids is 1. The minimum atomic E-state index is -1.76. The Morgan fingerprint density at radius 1 is 1.33 bits per heavy atom. The summed E-state index contributed by atoms with van der Waals surface area (Å²) in [4.78, 5) is 24.1. The molecule has 0 bridgehead atoms. The summed E-state index contributed by atoms with van der Waals surface area (Å²) < 4.78 is 4.98.